The van der Waals surface area contributed by atoms with Gasteiger partial charge in [-0.25, -0.2) is 0 Å². The molecule has 0 radical (unpaired) electrons. The number of carbonyl (C=O) groups excluding carboxylic acids is 1. The molecule has 0 spiro atoms. The van der Waals surface area contributed by atoms with Crippen molar-refractivity contribution in [3.63, 3.8) is 0 Å². The quantitative estimate of drug-likeness (QED) is 0.695. The SMILES string of the molecule is CC.CC(=O)NCc1ccn[nH]1. The van der Waals surface area contributed by atoms with Crippen molar-refractivity contribution in [3.05, 3.63) is 18.0 Å². The number of rotatable bonds is 2. The summed E-state index contributed by atoms with van der Waals surface area (Å²) in [6, 6.07) is 1.82. The van der Waals surface area contributed by atoms with Crippen LogP contribution in [0.5, 0.6) is 0 Å². The first-order valence-corrected chi connectivity index (χ1v) is 4.02. The Hall–Kier alpha value is -1.32. The normalized spacial score (nSPS) is 8.25. The van der Waals surface area contributed by atoms with E-state index in [1.165, 1.54) is 6.92 Å². The minimum absolute atomic E-state index is 0.0328. The van der Waals surface area contributed by atoms with Crippen LogP contribution in [0.3, 0.4) is 0 Å². The fraction of sp³-hybridized carbons (Fsp3) is 0.500. The summed E-state index contributed by atoms with van der Waals surface area (Å²) in [5.41, 5.74) is 0.912. The number of carbonyl (C=O) groups is 1. The van der Waals surface area contributed by atoms with Crippen LogP contribution in [0.1, 0.15) is 26.5 Å². The smallest absolute Gasteiger partial charge is 0.217 e. The lowest BCUT2D eigenvalue weighted by molar-refractivity contribution is -0.119. The summed E-state index contributed by atoms with van der Waals surface area (Å²) >= 11 is 0. The Morgan fingerprint density at radius 2 is 2.33 bits per heavy atom. The number of nitrogens with one attached hydrogen (secondary N) is 2. The maximum absolute atomic E-state index is 10.4. The lowest BCUT2D eigenvalue weighted by atomic mass is 10.4. The molecule has 0 aromatic carbocycles. The maximum atomic E-state index is 10.4. The summed E-state index contributed by atoms with van der Waals surface area (Å²) in [6.45, 7) is 6.01. The second kappa shape index (κ2) is 6.39. The average Bonchev–Trinajstić information content (AvgIpc) is 2.56. The fourth-order valence-corrected chi connectivity index (χ4v) is 0.603. The molecule has 4 heteroatoms. The fourth-order valence-electron chi connectivity index (χ4n) is 0.603. The summed E-state index contributed by atoms with van der Waals surface area (Å²) in [5.74, 6) is -0.0328. The summed E-state index contributed by atoms with van der Waals surface area (Å²) in [7, 11) is 0. The van der Waals surface area contributed by atoms with E-state index >= 15 is 0 Å². The molecule has 1 aromatic rings. The van der Waals surface area contributed by atoms with E-state index < -0.39 is 0 Å². The van der Waals surface area contributed by atoms with Gasteiger partial charge in [0, 0.05) is 13.1 Å². The highest BCUT2D eigenvalue weighted by Gasteiger charge is 1.92. The lowest BCUT2D eigenvalue weighted by Crippen LogP contribution is -2.18. The number of amides is 1. The zero-order chi connectivity index (χ0) is 9.40. The van der Waals surface area contributed by atoms with Crippen molar-refractivity contribution in [1.29, 1.82) is 0 Å². The molecule has 12 heavy (non-hydrogen) atoms. The van der Waals surface area contributed by atoms with E-state index in [1.54, 1.807) is 6.20 Å². The van der Waals surface area contributed by atoms with Gasteiger partial charge in [0.25, 0.3) is 0 Å². The molecular formula is C8H15N3O. The Bertz CT molecular complexity index is 206. The Morgan fingerprint density at radius 1 is 1.67 bits per heavy atom. The molecule has 1 aromatic heterocycles. The number of aromatic amines is 1. The summed E-state index contributed by atoms with van der Waals surface area (Å²) in [4.78, 5) is 10.4. The van der Waals surface area contributed by atoms with E-state index in [0.717, 1.165) is 5.69 Å². The van der Waals surface area contributed by atoms with Gasteiger partial charge >= 0.3 is 0 Å². The predicted molar refractivity (Wildman–Crippen MR) is 47.5 cm³/mol. The van der Waals surface area contributed by atoms with Crippen molar-refractivity contribution >= 4 is 5.91 Å². The van der Waals surface area contributed by atoms with Gasteiger partial charge in [-0.3, -0.25) is 9.89 Å². The first-order valence-electron chi connectivity index (χ1n) is 4.02. The molecule has 1 rings (SSSR count). The van der Waals surface area contributed by atoms with Crippen LogP contribution < -0.4 is 5.32 Å². The number of H-pyrrole nitrogens is 1. The Morgan fingerprint density at radius 3 is 2.75 bits per heavy atom. The van der Waals surface area contributed by atoms with Gasteiger partial charge < -0.3 is 5.32 Å². The van der Waals surface area contributed by atoms with Gasteiger partial charge in [-0.2, -0.15) is 5.10 Å². The Labute approximate surface area is 72.4 Å². The number of hydrogen-bond donors (Lipinski definition) is 2. The number of aromatic nitrogens is 2. The number of hydrogen-bond acceptors (Lipinski definition) is 2. The van der Waals surface area contributed by atoms with Crippen LogP contribution in [-0.2, 0) is 11.3 Å². The van der Waals surface area contributed by atoms with Crippen LogP contribution in [0.25, 0.3) is 0 Å². The number of nitrogens with zero attached hydrogens (tertiary/aromatic N) is 1. The molecule has 0 saturated heterocycles. The van der Waals surface area contributed by atoms with Crippen molar-refractivity contribution in [2.45, 2.75) is 27.3 Å². The van der Waals surface area contributed by atoms with Crippen molar-refractivity contribution < 1.29 is 4.79 Å². The molecule has 0 saturated carbocycles. The van der Waals surface area contributed by atoms with Gasteiger partial charge in [-0.05, 0) is 6.07 Å². The van der Waals surface area contributed by atoms with Crippen molar-refractivity contribution in [1.82, 2.24) is 15.5 Å². The van der Waals surface area contributed by atoms with Gasteiger partial charge in [0.05, 0.1) is 12.2 Å². The third-order valence-corrected chi connectivity index (χ3v) is 1.09. The highest BCUT2D eigenvalue weighted by Crippen LogP contribution is 1.88. The van der Waals surface area contributed by atoms with E-state index in [2.05, 4.69) is 15.5 Å². The molecule has 0 aliphatic carbocycles. The Kier molecular flexibility index (Phi) is 5.69. The molecular weight excluding hydrogens is 154 g/mol. The lowest BCUT2D eigenvalue weighted by Gasteiger charge is -1.96. The molecule has 68 valence electrons. The summed E-state index contributed by atoms with van der Waals surface area (Å²) < 4.78 is 0. The molecule has 4 nitrogen and oxygen atoms in total. The van der Waals surface area contributed by atoms with Crippen molar-refractivity contribution in [3.8, 4) is 0 Å². The summed E-state index contributed by atoms with van der Waals surface area (Å²) in [6.07, 6.45) is 1.65. The monoisotopic (exact) mass is 169 g/mol. The van der Waals surface area contributed by atoms with Crippen LogP contribution in [0.4, 0.5) is 0 Å². The van der Waals surface area contributed by atoms with E-state index in [-0.39, 0.29) is 5.91 Å². The van der Waals surface area contributed by atoms with E-state index in [9.17, 15) is 4.79 Å². The highest BCUT2D eigenvalue weighted by atomic mass is 16.1. The molecule has 0 aliphatic rings. The van der Waals surface area contributed by atoms with Crippen molar-refractivity contribution in [2.24, 2.45) is 0 Å². The topological polar surface area (TPSA) is 57.8 Å². The minimum atomic E-state index is -0.0328. The van der Waals surface area contributed by atoms with Crippen LogP contribution in [0.2, 0.25) is 0 Å². The van der Waals surface area contributed by atoms with E-state index in [1.807, 2.05) is 19.9 Å². The first-order chi connectivity index (χ1) is 5.79. The predicted octanol–water partition coefficient (Wildman–Crippen LogP) is 1.07. The van der Waals surface area contributed by atoms with Gasteiger partial charge in [0.1, 0.15) is 0 Å². The molecule has 0 bridgehead atoms. The third-order valence-electron chi connectivity index (χ3n) is 1.09. The molecule has 0 fully saturated rings. The zero-order valence-electron chi connectivity index (χ0n) is 7.72. The van der Waals surface area contributed by atoms with Crippen LogP contribution in [0.15, 0.2) is 12.3 Å². The van der Waals surface area contributed by atoms with Crippen LogP contribution in [0, 0.1) is 0 Å². The molecule has 0 unspecified atom stereocenters. The standard InChI is InChI=1S/C6H9N3O.C2H6/c1-5(10)7-4-6-2-3-8-9-6;1-2/h2-3H,4H2,1H3,(H,7,10)(H,8,9);1-2H3. The molecule has 2 N–H and O–H groups in total. The highest BCUT2D eigenvalue weighted by molar-refractivity contribution is 5.72. The van der Waals surface area contributed by atoms with Gasteiger partial charge in [-0.15, -0.1) is 0 Å². The first kappa shape index (κ1) is 10.7. The van der Waals surface area contributed by atoms with E-state index in [0.29, 0.717) is 6.54 Å². The van der Waals surface area contributed by atoms with Gasteiger partial charge in [0.15, 0.2) is 0 Å². The summed E-state index contributed by atoms with van der Waals surface area (Å²) in [5, 5.41) is 9.09. The second-order valence-corrected chi connectivity index (χ2v) is 1.99. The largest absolute Gasteiger partial charge is 0.351 e. The van der Waals surface area contributed by atoms with E-state index in [4.69, 9.17) is 0 Å². The molecule has 1 heterocycles. The molecule has 0 aliphatic heterocycles. The van der Waals surface area contributed by atoms with Crippen LogP contribution >= 0.6 is 0 Å². The Balaban J connectivity index is 0.000000561. The van der Waals surface area contributed by atoms with Gasteiger partial charge in [0.2, 0.25) is 5.91 Å². The average molecular weight is 169 g/mol. The minimum Gasteiger partial charge on any atom is -0.351 e. The third kappa shape index (κ3) is 4.49. The van der Waals surface area contributed by atoms with Gasteiger partial charge in [-0.1, -0.05) is 13.8 Å². The zero-order valence-corrected chi connectivity index (χ0v) is 7.72. The molecule has 1 amide bonds. The van der Waals surface area contributed by atoms with Crippen LogP contribution in [-0.4, -0.2) is 16.1 Å². The molecule has 0 atom stereocenters. The maximum Gasteiger partial charge on any atom is 0.217 e. The second-order valence-electron chi connectivity index (χ2n) is 1.99. The van der Waals surface area contributed by atoms with Crippen molar-refractivity contribution in [2.75, 3.05) is 0 Å².